The van der Waals surface area contributed by atoms with Gasteiger partial charge in [-0.3, -0.25) is 0 Å². The van der Waals surface area contributed by atoms with E-state index in [2.05, 4.69) is 48.5 Å². The molecular formula is C22H25Cl2N3OS. The minimum Gasteiger partial charge on any atom is -0.381 e. The zero-order valence-electron chi connectivity index (χ0n) is 16.9. The van der Waals surface area contributed by atoms with Crippen molar-refractivity contribution >= 4 is 46.0 Å². The Morgan fingerprint density at radius 3 is 2.38 bits per heavy atom. The summed E-state index contributed by atoms with van der Waals surface area (Å²) in [4.78, 5) is 11.1. The van der Waals surface area contributed by atoms with Crippen LogP contribution in [0, 0.1) is 5.92 Å². The molecule has 0 saturated carbocycles. The zero-order chi connectivity index (χ0) is 20.6. The molecule has 1 aliphatic rings. The van der Waals surface area contributed by atoms with Crippen LogP contribution in [0.4, 0.5) is 0 Å². The molecule has 154 valence electrons. The normalized spacial score (nSPS) is 15.9. The van der Waals surface area contributed by atoms with E-state index in [0.29, 0.717) is 16.2 Å². The van der Waals surface area contributed by atoms with Gasteiger partial charge < -0.3 is 9.30 Å². The zero-order valence-corrected chi connectivity index (χ0v) is 19.2. The highest BCUT2D eigenvalue weighted by Crippen LogP contribution is 2.34. The maximum Gasteiger partial charge on any atom is 0.131 e. The fourth-order valence-corrected chi connectivity index (χ4v) is 5.27. The molecule has 0 N–H and O–H groups in total. The van der Waals surface area contributed by atoms with Gasteiger partial charge in [0.25, 0.3) is 0 Å². The van der Waals surface area contributed by atoms with Crippen LogP contribution in [0.25, 0.3) is 11.0 Å². The van der Waals surface area contributed by atoms with Crippen molar-refractivity contribution in [1.29, 1.82) is 0 Å². The molecule has 0 unspecified atom stereocenters. The molecule has 3 heterocycles. The summed E-state index contributed by atoms with van der Waals surface area (Å²) in [7, 11) is 0. The Morgan fingerprint density at radius 2 is 1.72 bits per heavy atom. The Kier molecular flexibility index (Phi) is 6.12. The van der Waals surface area contributed by atoms with Gasteiger partial charge in [0.15, 0.2) is 0 Å². The van der Waals surface area contributed by atoms with E-state index in [9.17, 15) is 0 Å². The van der Waals surface area contributed by atoms with Gasteiger partial charge >= 0.3 is 0 Å². The molecule has 3 aromatic rings. The molecule has 0 amide bonds. The van der Waals surface area contributed by atoms with Gasteiger partial charge in [0, 0.05) is 35.0 Å². The van der Waals surface area contributed by atoms with Crippen LogP contribution in [0.15, 0.2) is 40.1 Å². The highest BCUT2D eigenvalue weighted by Gasteiger charge is 2.25. The van der Waals surface area contributed by atoms with E-state index in [-0.39, 0.29) is 5.41 Å². The first-order valence-electron chi connectivity index (χ1n) is 9.89. The molecule has 1 fully saturated rings. The van der Waals surface area contributed by atoms with Crippen LogP contribution >= 0.6 is 35.0 Å². The molecule has 1 aromatic carbocycles. The molecular weight excluding hydrogens is 425 g/mol. The Labute approximate surface area is 186 Å². The summed E-state index contributed by atoms with van der Waals surface area (Å²) in [6, 6.07) is 10.1. The van der Waals surface area contributed by atoms with Crippen molar-refractivity contribution in [3.8, 4) is 0 Å². The van der Waals surface area contributed by atoms with Crippen molar-refractivity contribution < 1.29 is 4.74 Å². The van der Waals surface area contributed by atoms with Gasteiger partial charge in [-0.15, -0.1) is 0 Å². The standard InChI is InChI=1S/C22H25Cl2N3OS/c1-22(2,3)21-25-17-10-15(29-16-11-19(23)26-20(24)12-16)4-5-18(17)27(21)13-14-6-8-28-9-7-14/h4-5,10-12,14H,6-9,13H2,1-3H3. The van der Waals surface area contributed by atoms with E-state index in [1.54, 1.807) is 11.8 Å². The number of rotatable bonds is 4. The molecule has 0 aliphatic carbocycles. The minimum absolute atomic E-state index is 0.0242. The predicted molar refractivity (Wildman–Crippen MR) is 120 cm³/mol. The number of aromatic nitrogens is 3. The average molecular weight is 450 g/mol. The van der Waals surface area contributed by atoms with E-state index in [1.165, 1.54) is 5.52 Å². The smallest absolute Gasteiger partial charge is 0.131 e. The molecule has 2 aromatic heterocycles. The fraction of sp³-hybridized carbons (Fsp3) is 0.455. The minimum atomic E-state index is -0.0242. The Bertz CT molecular complexity index is 1000. The third kappa shape index (κ3) is 4.91. The number of nitrogens with zero attached hydrogens (tertiary/aromatic N) is 3. The van der Waals surface area contributed by atoms with Gasteiger partial charge in [0.2, 0.25) is 0 Å². The van der Waals surface area contributed by atoms with Crippen LogP contribution < -0.4 is 0 Å². The number of benzene rings is 1. The van der Waals surface area contributed by atoms with Gasteiger partial charge in [-0.2, -0.15) is 0 Å². The lowest BCUT2D eigenvalue weighted by Crippen LogP contribution is -2.25. The second-order valence-electron chi connectivity index (χ2n) is 8.55. The predicted octanol–water partition coefficient (Wildman–Crippen LogP) is 6.61. The summed E-state index contributed by atoms with van der Waals surface area (Å²) in [6.07, 6.45) is 2.22. The summed E-state index contributed by atoms with van der Waals surface area (Å²) in [5.74, 6) is 1.77. The van der Waals surface area contributed by atoms with E-state index >= 15 is 0 Å². The molecule has 0 radical (unpaired) electrons. The fourth-order valence-electron chi connectivity index (χ4n) is 3.76. The second-order valence-corrected chi connectivity index (χ2v) is 10.5. The van der Waals surface area contributed by atoms with E-state index < -0.39 is 0 Å². The van der Waals surface area contributed by atoms with Gasteiger partial charge in [-0.05, 0) is 49.1 Å². The first-order chi connectivity index (χ1) is 13.8. The third-order valence-corrected chi connectivity index (χ3v) is 6.49. The molecule has 29 heavy (non-hydrogen) atoms. The van der Waals surface area contributed by atoms with Crippen LogP contribution in [-0.2, 0) is 16.7 Å². The summed E-state index contributed by atoms with van der Waals surface area (Å²) in [6.45, 7) is 9.40. The molecule has 4 nitrogen and oxygen atoms in total. The molecule has 1 aliphatic heterocycles. The summed E-state index contributed by atoms with van der Waals surface area (Å²) in [5.41, 5.74) is 2.19. The Morgan fingerprint density at radius 1 is 1.03 bits per heavy atom. The molecule has 1 saturated heterocycles. The molecule has 7 heteroatoms. The molecule has 0 atom stereocenters. The van der Waals surface area contributed by atoms with Crippen LogP contribution in [0.3, 0.4) is 0 Å². The first-order valence-corrected chi connectivity index (χ1v) is 11.5. The lowest BCUT2D eigenvalue weighted by Gasteiger charge is -2.26. The van der Waals surface area contributed by atoms with Crippen molar-refractivity contribution in [2.75, 3.05) is 13.2 Å². The number of ether oxygens (including phenoxy) is 1. The van der Waals surface area contributed by atoms with Gasteiger partial charge in [0.1, 0.15) is 16.1 Å². The largest absolute Gasteiger partial charge is 0.381 e. The summed E-state index contributed by atoms with van der Waals surface area (Å²) in [5, 5.41) is 0.800. The van der Waals surface area contributed by atoms with E-state index in [0.717, 1.165) is 53.7 Å². The van der Waals surface area contributed by atoms with Crippen molar-refractivity contribution in [3.05, 3.63) is 46.5 Å². The molecule has 0 bridgehead atoms. The van der Waals surface area contributed by atoms with E-state index in [4.69, 9.17) is 32.9 Å². The topological polar surface area (TPSA) is 39.9 Å². The molecule has 4 rings (SSSR count). The van der Waals surface area contributed by atoms with E-state index in [1.807, 2.05) is 12.1 Å². The van der Waals surface area contributed by atoms with Gasteiger partial charge in [-0.1, -0.05) is 55.7 Å². The second kappa shape index (κ2) is 8.46. The number of pyridine rings is 1. The van der Waals surface area contributed by atoms with Gasteiger partial charge in [0.05, 0.1) is 11.0 Å². The maximum atomic E-state index is 6.04. The number of imidazole rings is 1. The number of hydrogen-bond acceptors (Lipinski definition) is 4. The van der Waals surface area contributed by atoms with Crippen LogP contribution in [0.2, 0.25) is 10.3 Å². The number of fused-ring (bicyclic) bond motifs is 1. The highest BCUT2D eigenvalue weighted by molar-refractivity contribution is 7.99. The lowest BCUT2D eigenvalue weighted by molar-refractivity contribution is 0.0611. The van der Waals surface area contributed by atoms with Crippen molar-refractivity contribution in [2.24, 2.45) is 5.92 Å². The number of halogens is 2. The average Bonchev–Trinajstić information content (AvgIpc) is 3.00. The SMILES string of the molecule is CC(C)(C)c1nc2cc(Sc3cc(Cl)nc(Cl)c3)ccc2n1CC1CCOCC1. The van der Waals surface area contributed by atoms with Gasteiger partial charge in [-0.25, -0.2) is 9.97 Å². The molecule has 0 spiro atoms. The Hall–Kier alpha value is -1.27. The van der Waals surface area contributed by atoms with Crippen molar-refractivity contribution in [1.82, 2.24) is 14.5 Å². The Balaban J connectivity index is 1.69. The quantitative estimate of drug-likeness (QED) is 0.419. The summed E-state index contributed by atoms with van der Waals surface area (Å²) >= 11 is 13.7. The lowest BCUT2D eigenvalue weighted by atomic mass is 9.94. The van der Waals surface area contributed by atoms with Crippen LogP contribution in [-0.4, -0.2) is 27.7 Å². The first kappa shape index (κ1) is 21.0. The third-order valence-electron chi connectivity index (χ3n) is 5.14. The summed E-state index contributed by atoms with van der Waals surface area (Å²) < 4.78 is 7.96. The monoisotopic (exact) mass is 449 g/mol. The highest BCUT2D eigenvalue weighted by atomic mass is 35.5. The van der Waals surface area contributed by atoms with Crippen LogP contribution in [0.1, 0.15) is 39.4 Å². The van der Waals surface area contributed by atoms with Crippen molar-refractivity contribution in [3.63, 3.8) is 0 Å². The number of hydrogen-bond donors (Lipinski definition) is 0. The van der Waals surface area contributed by atoms with Crippen molar-refractivity contribution in [2.45, 2.75) is 55.4 Å². The maximum absolute atomic E-state index is 6.04. The van der Waals surface area contributed by atoms with Crippen LogP contribution in [0.5, 0.6) is 0 Å².